The first kappa shape index (κ1) is 17.2. The van der Waals surface area contributed by atoms with E-state index in [0.717, 1.165) is 18.7 Å². The van der Waals surface area contributed by atoms with Crippen LogP contribution in [0.1, 0.15) is 40.8 Å². The van der Waals surface area contributed by atoms with Crippen molar-refractivity contribution in [1.82, 2.24) is 28.8 Å². The second kappa shape index (κ2) is 6.82. The molecule has 27 heavy (non-hydrogen) atoms. The quantitative estimate of drug-likeness (QED) is 0.731. The average molecular weight is 367 g/mol. The minimum Gasteiger partial charge on any atom is -0.368 e. The van der Waals surface area contributed by atoms with Gasteiger partial charge in [-0.3, -0.25) is 14.0 Å². The molecule has 1 aliphatic rings. The van der Waals surface area contributed by atoms with Crippen molar-refractivity contribution in [3.63, 3.8) is 0 Å². The normalized spacial score (nSPS) is 17.4. The largest absolute Gasteiger partial charge is 0.368 e. The number of fused-ring (bicyclic) bond motifs is 1. The van der Waals surface area contributed by atoms with Gasteiger partial charge >= 0.3 is 0 Å². The number of hydrogen-bond donors (Lipinski definition) is 1. The Morgan fingerprint density at radius 2 is 2.11 bits per heavy atom. The van der Waals surface area contributed by atoms with Crippen molar-refractivity contribution in [2.45, 2.75) is 32.2 Å². The van der Waals surface area contributed by atoms with Crippen LogP contribution in [0.3, 0.4) is 0 Å². The highest BCUT2D eigenvalue weighted by molar-refractivity contribution is 5.94. The molecule has 4 heterocycles. The van der Waals surface area contributed by atoms with E-state index in [0.29, 0.717) is 30.3 Å². The fraction of sp³-hybridized carbons (Fsp3) is 0.389. The van der Waals surface area contributed by atoms with Gasteiger partial charge in [-0.1, -0.05) is 0 Å². The molecule has 3 aromatic heterocycles. The molecule has 0 aromatic carbocycles. The Balaban J connectivity index is 1.60. The third kappa shape index (κ3) is 3.16. The average Bonchev–Trinajstić information content (AvgIpc) is 3.24. The number of primary amides is 1. The van der Waals surface area contributed by atoms with Crippen molar-refractivity contribution in [3.05, 3.63) is 48.1 Å². The second-order valence-corrected chi connectivity index (χ2v) is 6.81. The molecular weight excluding hydrogens is 346 g/mol. The first-order valence-corrected chi connectivity index (χ1v) is 8.93. The number of amides is 2. The lowest BCUT2D eigenvalue weighted by Gasteiger charge is -2.32. The number of rotatable bonds is 4. The molecule has 1 atom stereocenters. The molecule has 1 fully saturated rings. The van der Waals surface area contributed by atoms with Gasteiger partial charge in [0.15, 0.2) is 0 Å². The molecule has 9 nitrogen and oxygen atoms in total. The van der Waals surface area contributed by atoms with Gasteiger partial charge in [0.2, 0.25) is 11.7 Å². The molecule has 0 spiro atoms. The number of aromatic nitrogens is 5. The van der Waals surface area contributed by atoms with E-state index >= 15 is 0 Å². The van der Waals surface area contributed by atoms with Gasteiger partial charge in [0.1, 0.15) is 18.1 Å². The number of imidazole rings is 2. The summed E-state index contributed by atoms with van der Waals surface area (Å²) in [6.07, 6.45) is 8.66. The molecule has 9 heteroatoms. The van der Waals surface area contributed by atoms with E-state index < -0.39 is 5.91 Å². The number of carbonyl (C=O) groups excluding carboxylic acids is 2. The molecule has 0 aliphatic carbocycles. The summed E-state index contributed by atoms with van der Waals surface area (Å²) in [4.78, 5) is 39.3. The summed E-state index contributed by atoms with van der Waals surface area (Å²) in [6.45, 7) is 3.14. The van der Waals surface area contributed by atoms with E-state index in [2.05, 4.69) is 15.0 Å². The number of likely N-dealkylation sites (tertiary alicyclic amines) is 1. The summed E-state index contributed by atoms with van der Waals surface area (Å²) in [5.41, 5.74) is 6.53. The number of piperidine rings is 1. The molecule has 0 bridgehead atoms. The monoisotopic (exact) mass is 367 g/mol. The molecule has 1 unspecified atom stereocenters. The molecule has 1 saturated heterocycles. The number of aryl methyl sites for hydroxylation is 1. The highest BCUT2D eigenvalue weighted by Crippen LogP contribution is 2.27. The van der Waals surface area contributed by atoms with Gasteiger partial charge in [-0.05, 0) is 25.8 Å². The van der Waals surface area contributed by atoms with Crippen LogP contribution >= 0.6 is 0 Å². The van der Waals surface area contributed by atoms with E-state index in [-0.39, 0.29) is 18.4 Å². The van der Waals surface area contributed by atoms with Crippen molar-refractivity contribution in [3.8, 4) is 0 Å². The van der Waals surface area contributed by atoms with Crippen LogP contribution in [-0.4, -0.2) is 53.7 Å². The van der Waals surface area contributed by atoms with E-state index in [1.165, 1.54) is 0 Å². The van der Waals surface area contributed by atoms with Gasteiger partial charge in [-0.15, -0.1) is 0 Å². The van der Waals surface area contributed by atoms with Crippen molar-refractivity contribution in [1.29, 1.82) is 0 Å². The Bertz CT molecular complexity index is 1010. The third-order valence-corrected chi connectivity index (χ3v) is 4.93. The summed E-state index contributed by atoms with van der Waals surface area (Å²) >= 11 is 0. The SMILES string of the molecule is Cc1nc2ncccn2c1C(=O)N1CCCC(c2nccn2CC(N)=O)C1. The molecule has 3 aromatic rings. The summed E-state index contributed by atoms with van der Waals surface area (Å²) in [5.74, 6) is 0.902. The first-order valence-electron chi connectivity index (χ1n) is 8.93. The van der Waals surface area contributed by atoms with Crippen LogP contribution < -0.4 is 5.73 Å². The molecule has 0 saturated carbocycles. The Morgan fingerprint density at radius 1 is 1.26 bits per heavy atom. The Hall–Kier alpha value is -3.23. The number of hydrogen-bond acceptors (Lipinski definition) is 5. The van der Waals surface area contributed by atoms with Crippen molar-refractivity contribution in [2.75, 3.05) is 13.1 Å². The van der Waals surface area contributed by atoms with Gasteiger partial charge in [0.25, 0.3) is 5.91 Å². The minimum atomic E-state index is -0.410. The topological polar surface area (TPSA) is 111 Å². The third-order valence-electron chi connectivity index (χ3n) is 4.93. The van der Waals surface area contributed by atoms with Gasteiger partial charge in [-0.25, -0.2) is 15.0 Å². The van der Waals surface area contributed by atoms with Crippen molar-refractivity contribution >= 4 is 17.6 Å². The lowest BCUT2D eigenvalue weighted by molar-refractivity contribution is -0.118. The summed E-state index contributed by atoms with van der Waals surface area (Å²) in [6, 6.07) is 1.78. The second-order valence-electron chi connectivity index (χ2n) is 6.81. The maximum atomic E-state index is 13.2. The molecule has 2 N–H and O–H groups in total. The van der Waals surface area contributed by atoms with Crippen LogP contribution in [-0.2, 0) is 11.3 Å². The zero-order valence-electron chi connectivity index (χ0n) is 15.1. The fourth-order valence-electron chi connectivity index (χ4n) is 3.76. The summed E-state index contributed by atoms with van der Waals surface area (Å²) < 4.78 is 3.50. The van der Waals surface area contributed by atoms with Gasteiger partial charge < -0.3 is 15.2 Å². The molecule has 1 aliphatic heterocycles. The zero-order valence-corrected chi connectivity index (χ0v) is 15.1. The molecule has 4 rings (SSSR count). The maximum Gasteiger partial charge on any atom is 0.272 e. The highest BCUT2D eigenvalue weighted by Gasteiger charge is 2.30. The Kier molecular flexibility index (Phi) is 4.35. The highest BCUT2D eigenvalue weighted by atomic mass is 16.2. The van der Waals surface area contributed by atoms with Crippen LogP contribution in [0.5, 0.6) is 0 Å². The van der Waals surface area contributed by atoms with Crippen molar-refractivity contribution < 1.29 is 9.59 Å². The van der Waals surface area contributed by atoms with Crippen LogP contribution in [0.15, 0.2) is 30.9 Å². The summed E-state index contributed by atoms with van der Waals surface area (Å²) in [7, 11) is 0. The first-order chi connectivity index (χ1) is 13.0. The maximum absolute atomic E-state index is 13.2. The Morgan fingerprint density at radius 3 is 2.93 bits per heavy atom. The van der Waals surface area contributed by atoms with Crippen LogP contribution in [0.2, 0.25) is 0 Å². The Labute approximate surface area is 155 Å². The zero-order chi connectivity index (χ0) is 19.0. The predicted molar refractivity (Wildman–Crippen MR) is 97.0 cm³/mol. The predicted octanol–water partition coefficient (Wildman–Crippen LogP) is 0.739. The number of nitrogens with zero attached hydrogens (tertiary/aromatic N) is 6. The van der Waals surface area contributed by atoms with Gasteiger partial charge in [-0.2, -0.15) is 0 Å². The van der Waals surface area contributed by atoms with Crippen LogP contribution in [0.25, 0.3) is 5.78 Å². The van der Waals surface area contributed by atoms with Crippen LogP contribution in [0.4, 0.5) is 0 Å². The van der Waals surface area contributed by atoms with Crippen molar-refractivity contribution in [2.24, 2.45) is 5.73 Å². The van der Waals surface area contributed by atoms with E-state index in [1.54, 1.807) is 39.8 Å². The fourth-order valence-corrected chi connectivity index (χ4v) is 3.76. The van der Waals surface area contributed by atoms with Gasteiger partial charge in [0, 0.05) is 43.8 Å². The van der Waals surface area contributed by atoms with Gasteiger partial charge in [0.05, 0.1) is 5.69 Å². The van der Waals surface area contributed by atoms with E-state index in [1.807, 2.05) is 11.8 Å². The number of carbonyl (C=O) groups is 2. The lowest BCUT2D eigenvalue weighted by atomic mass is 9.96. The number of nitrogens with two attached hydrogens (primary N) is 1. The smallest absolute Gasteiger partial charge is 0.272 e. The summed E-state index contributed by atoms with van der Waals surface area (Å²) in [5, 5.41) is 0. The molecule has 140 valence electrons. The molecule has 0 radical (unpaired) electrons. The van der Waals surface area contributed by atoms with E-state index in [4.69, 9.17) is 5.73 Å². The molecule has 2 amide bonds. The standard InChI is InChI=1S/C18H21N7O2/c1-12-15(25-8-3-5-21-18(25)22-12)17(27)24-7-2-4-13(10-24)16-20-6-9-23(16)11-14(19)26/h3,5-6,8-9,13H,2,4,7,10-11H2,1H3,(H2,19,26). The van der Waals surface area contributed by atoms with Crippen LogP contribution in [0, 0.1) is 6.92 Å². The molecular formula is C18H21N7O2. The minimum absolute atomic E-state index is 0.0642. The van der Waals surface area contributed by atoms with E-state index in [9.17, 15) is 9.59 Å². The lowest BCUT2D eigenvalue weighted by Crippen LogP contribution is -2.40.